The van der Waals surface area contributed by atoms with Crippen molar-refractivity contribution < 1.29 is 4.79 Å². The number of Topliss-reactive ketones (excluding diaryl/α,β-unsaturated/α-hetero) is 1. The number of rotatable bonds is 3. The zero-order valence-corrected chi connectivity index (χ0v) is 14.9. The lowest BCUT2D eigenvalue weighted by Gasteiger charge is -2.56. The topological polar surface area (TPSA) is 33.2 Å². The van der Waals surface area contributed by atoms with Gasteiger partial charge in [0.2, 0.25) is 0 Å². The van der Waals surface area contributed by atoms with Crippen LogP contribution in [0.15, 0.2) is 18.2 Å². The second-order valence-electron chi connectivity index (χ2n) is 7.63. The molecule has 4 heteroatoms. The summed E-state index contributed by atoms with van der Waals surface area (Å²) in [6, 6.07) is 5.99. The van der Waals surface area contributed by atoms with Gasteiger partial charge in [-0.1, -0.05) is 0 Å². The lowest BCUT2D eigenvalue weighted by Crippen LogP contribution is -2.61. The highest BCUT2D eigenvalue weighted by molar-refractivity contribution is 7.18. The number of carbonyl (C=O) groups excluding carboxylic acids is 1. The van der Waals surface area contributed by atoms with Crippen molar-refractivity contribution in [1.29, 1.82) is 0 Å². The van der Waals surface area contributed by atoms with E-state index in [9.17, 15) is 4.79 Å². The first kappa shape index (κ1) is 15.3. The van der Waals surface area contributed by atoms with Gasteiger partial charge in [0.1, 0.15) is 0 Å². The van der Waals surface area contributed by atoms with Gasteiger partial charge in [0.15, 0.2) is 5.78 Å². The molecule has 3 saturated heterocycles. The molecule has 0 aliphatic carbocycles. The SMILES string of the molecule is Cc1nc2ccc(C(=O)C[C@@H]3C4CCN(CC4)C3(C)C)cc2s1. The number of nitrogens with zero attached hydrogens (tertiary/aromatic N) is 2. The monoisotopic (exact) mass is 328 g/mol. The lowest BCUT2D eigenvalue weighted by molar-refractivity contribution is -0.0643. The Balaban J connectivity index is 1.58. The van der Waals surface area contributed by atoms with Crippen LogP contribution in [0.4, 0.5) is 0 Å². The van der Waals surface area contributed by atoms with E-state index in [4.69, 9.17) is 0 Å². The zero-order chi connectivity index (χ0) is 16.2. The molecular weight excluding hydrogens is 304 g/mol. The standard InChI is InChI=1S/C19H24N2OS/c1-12-20-16-5-4-14(10-18(16)23-12)17(22)11-15-13-6-8-21(9-7-13)19(15,2)3/h4-5,10,13,15H,6-9,11H2,1-3H3/t15-/m1/s1. The van der Waals surface area contributed by atoms with Crippen LogP contribution in [0.1, 0.15) is 48.5 Å². The van der Waals surface area contributed by atoms with Gasteiger partial charge in [-0.25, -0.2) is 4.98 Å². The predicted molar refractivity (Wildman–Crippen MR) is 95.2 cm³/mol. The average Bonchev–Trinajstić information content (AvgIpc) is 2.90. The molecule has 3 aliphatic rings. The second kappa shape index (κ2) is 5.38. The van der Waals surface area contributed by atoms with Gasteiger partial charge in [0.25, 0.3) is 0 Å². The Morgan fingerprint density at radius 2 is 2.09 bits per heavy atom. The number of fused-ring (bicyclic) bond motifs is 4. The Kier molecular flexibility index (Phi) is 3.58. The van der Waals surface area contributed by atoms with E-state index < -0.39 is 0 Å². The van der Waals surface area contributed by atoms with Gasteiger partial charge < -0.3 is 0 Å². The Hall–Kier alpha value is -1.26. The fourth-order valence-corrected chi connectivity index (χ4v) is 5.50. The molecule has 0 radical (unpaired) electrons. The lowest BCUT2D eigenvalue weighted by atomic mass is 9.65. The molecule has 2 bridgehead atoms. The van der Waals surface area contributed by atoms with Gasteiger partial charge in [-0.05, 0) is 76.7 Å². The quantitative estimate of drug-likeness (QED) is 0.788. The van der Waals surface area contributed by atoms with Crippen LogP contribution in [-0.2, 0) is 0 Å². The van der Waals surface area contributed by atoms with Crippen LogP contribution in [-0.4, -0.2) is 34.3 Å². The minimum absolute atomic E-state index is 0.155. The molecule has 0 amide bonds. The Morgan fingerprint density at radius 3 is 2.78 bits per heavy atom. The van der Waals surface area contributed by atoms with E-state index in [0.717, 1.165) is 20.8 Å². The van der Waals surface area contributed by atoms with Gasteiger partial charge in [-0.3, -0.25) is 9.69 Å². The molecule has 0 unspecified atom stereocenters. The molecule has 3 fully saturated rings. The summed E-state index contributed by atoms with van der Waals surface area (Å²) >= 11 is 1.67. The van der Waals surface area contributed by atoms with Crippen molar-refractivity contribution in [3.63, 3.8) is 0 Å². The van der Waals surface area contributed by atoms with Crippen LogP contribution in [0, 0.1) is 18.8 Å². The maximum absolute atomic E-state index is 12.9. The molecular formula is C19H24N2OS. The van der Waals surface area contributed by atoms with Crippen molar-refractivity contribution in [2.45, 2.75) is 45.6 Å². The molecule has 4 heterocycles. The minimum Gasteiger partial charge on any atom is -0.298 e. The van der Waals surface area contributed by atoms with Crippen molar-refractivity contribution in [2.24, 2.45) is 11.8 Å². The maximum atomic E-state index is 12.9. The summed E-state index contributed by atoms with van der Waals surface area (Å²) in [5, 5.41) is 1.06. The van der Waals surface area contributed by atoms with Gasteiger partial charge in [-0.15, -0.1) is 11.3 Å². The number of aromatic nitrogens is 1. The normalized spacial score (nSPS) is 29.1. The summed E-state index contributed by atoms with van der Waals surface area (Å²) in [7, 11) is 0. The molecule has 2 aromatic rings. The van der Waals surface area contributed by atoms with Crippen LogP contribution in [0.3, 0.4) is 0 Å². The van der Waals surface area contributed by atoms with Crippen LogP contribution in [0.2, 0.25) is 0 Å². The largest absolute Gasteiger partial charge is 0.298 e. The van der Waals surface area contributed by atoms with Gasteiger partial charge in [-0.2, -0.15) is 0 Å². The van der Waals surface area contributed by atoms with Crippen LogP contribution < -0.4 is 0 Å². The van der Waals surface area contributed by atoms with Crippen LogP contribution in [0.5, 0.6) is 0 Å². The highest BCUT2D eigenvalue weighted by Crippen LogP contribution is 2.45. The number of piperidine rings is 3. The Labute approximate surface area is 141 Å². The molecule has 3 nitrogen and oxygen atoms in total. The number of ketones is 1. The van der Waals surface area contributed by atoms with E-state index in [1.165, 1.54) is 25.9 Å². The molecule has 3 aliphatic heterocycles. The third kappa shape index (κ3) is 2.52. The molecule has 23 heavy (non-hydrogen) atoms. The molecule has 1 aromatic heterocycles. The second-order valence-corrected chi connectivity index (χ2v) is 8.86. The van der Waals surface area contributed by atoms with E-state index in [0.29, 0.717) is 24.0 Å². The summed E-state index contributed by atoms with van der Waals surface area (Å²) in [6.07, 6.45) is 3.19. The van der Waals surface area contributed by atoms with Crippen molar-refractivity contribution in [1.82, 2.24) is 9.88 Å². The van der Waals surface area contributed by atoms with Crippen LogP contribution >= 0.6 is 11.3 Å². The summed E-state index contributed by atoms with van der Waals surface area (Å²) in [5.74, 6) is 1.49. The first-order valence-electron chi connectivity index (χ1n) is 8.60. The zero-order valence-electron chi connectivity index (χ0n) is 14.1. The number of carbonyl (C=O) groups is 1. The number of aryl methyl sites for hydroxylation is 1. The van der Waals surface area contributed by atoms with E-state index in [1.807, 2.05) is 25.1 Å². The molecule has 0 spiro atoms. The molecule has 0 N–H and O–H groups in total. The molecule has 1 aromatic carbocycles. The van der Waals surface area contributed by atoms with Crippen molar-refractivity contribution in [3.05, 3.63) is 28.8 Å². The average molecular weight is 328 g/mol. The summed E-state index contributed by atoms with van der Waals surface area (Å²) in [5.41, 5.74) is 2.02. The molecule has 1 atom stereocenters. The smallest absolute Gasteiger partial charge is 0.163 e. The Morgan fingerprint density at radius 1 is 1.35 bits per heavy atom. The number of thiazole rings is 1. The van der Waals surface area contributed by atoms with E-state index >= 15 is 0 Å². The Bertz CT molecular complexity index is 756. The summed E-state index contributed by atoms with van der Waals surface area (Å²) in [4.78, 5) is 20.0. The van der Waals surface area contributed by atoms with Crippen molar-refractivity contribution in [3.8, 4) is 0 Å². The first-order valence-corrected chi connectivity index (χ1v) is 9.42. The number of hydrogen-bond donors (Lipinski definition) is 0. The minimum atomic E-state index is 0.155. The molecule has 0 saturated carbocycles. The highest BCUT2D eigenvalue weighted by atomic mass is 32.1. The van der Waals surface area contributed by atoms with Gasteiger partial charge in [0.05, 0.1) is 15.2 Å². The number of benzene rings is 1. The highest BCUT2D eigenvalue weighted by Gasteiger charge is 2.47. The fraction of sp³-hybridized carbons (Fsp3) is 0.579. The van der Waals surface area contributed by atoms with E-state index in [-0.39, 0.29) is 5.54 Å². The first-order chi connectivity index (χ1) is 10.9. The molecule has 122 valence electrons. The van der Waals surface area contributed by atoms with Gasteiger partial charge in [0, 0.05) is 17.5 Å². The van der Waals surface area contributed by atoms with Crippen molar-refractivity contribution in [2.75, 3.05) is 13.1 Å². The third-order valence-electron chi connectivity index (χ3n) is 6.05. The van der Waals surface area contributed by atoms with Crippen molar-refractivity contribution >= 4 is 27.3 Å². The van der Waals surface area contributed by atoms with E-state index in [1.54, 1.807) is 11.3 Å². The van der Waals surface area contributed by atoms with E-state index in [2.05, 4.69) is 23.7 Å². The fourth-order valence-electron chi connectivity index (χ4n) is 4.64. The molecule has 5 rings (SSSR count). The predicted octanol–water partition coefficient (Wildman–Crippen LogP) is 4.30. The summed E-state index contributed by atoms with van der Waals surface area (Å²) in [6.45, 7) is 9.07. The van der Waals surface area contributed by atoms with Crippen LogP contribution in [0.25, 0.3) is 10.2 Å². The summed E-state index contributed by atoms with van der Waals surface area (Å²) < 4.78 is 1.13. The maximum Gasteiger partial charge on any atom is 0.163 e. The van der Waals surface area contributed by atoms with Gasteiger partial charge >= 0.3 is 0 Å². The third-order valence-corrected chi connectivity index (χ3v) is 6.99. The number of hydrogen-bond acceptors (Lipinski definition) is 4.